The summed E-state index contributed by atoms with van der Waals surface area (Å²) in [6.07, 6.45) is 1.52. The molecule has 1 heterocycles. The molecule has 0 spiro atoms. The number of benzene rings is 1. The minimum atomic E-state index is -0.738. The number of halogens is 2. The Morgan fingerprint density at radius 1 is 1.32 bits per heavy atom. The van der Waals surface area contributed by atoms with Crippen molar-refractivity contribution in [3.05, 3.63) is 56.9 Å². The molecule has 0 saturated heterocycles. The summed E-state index contributed by atoms with van der Waals surface area (Å²) >= 11 is 11.9. The molecule has 5 nitrogen and oxygen atoms in total. The first-order chi connectivity index (χ1) is 10.4. The quantitative estimate of drug-likeness (QED) is 0.928. The lowest BCUT2D eigenvalue weighted by Gasteiger charge is -2.16. The number of nitrogens with zero attached hydrogens (tertiary/aromatic N) is 1. The van der Waals surface area contributed by atoms with Crippen molar-refractivity contribution in [2.24, 2.45) is 0 Å². The summed E-state index contributed by atoms with van der Waals surface area (Å²) in [4.78, 5) is 24.4. The summed E-state index contributed by atoms with van der Waals surface area (Å²) in [7, 11) is 1.40. The van der Waals surface area contributed by atoms with Crippen LogP contribution >= 0.6 is 23.2 Å². The number of anilines is 1. The lowest BCUT2D eigenvalue weighted by atomic mass is 10.2. The second kappa shape index (κ2) is 6.85. The SMILES string of the molecule is COc1cccn(C(C)C(=O)Nc2cc(Cl)ccc2Cl)c1=O. The van der Waals surface area contributed by atoms with Gasteiger partial charge in [0, 0.05) is 11.2 Å². The van der Waals surface area contributed by atoms with Crippen molar-refractivity contribution < 1.29 is 9.53 Å². The Labute approximate surface area is 137 Å². The number of hydrogen-bond acceptors (Lipinski definition) is 3. The van der Waals surface area contributed by atoms with Gasteiger partial charge in [0.2, 0.25) is 5.91 Å². The van der Waals surface area contributed by atoms with Crippen molar-refractivity contribution in [1.29, 1.82) is 0 Å². The number of rotatable bonds is 4. The van der Waals surface area contributed by atoms with Crippen LogP contribution in [-0.2, 0) is 4.79 Å². The fourth-order valence-electron chi connectivity index (χ4n) is 1.91. The molecule has 1 atom stereocenters. The van der Waals surface area contributed by atoms with E-state index in [2.05, 4.69) is 5.32 Å². The number of methoxy groups -OCH3 is 1. The minimum Gasteiger partial charge on any atom is -0.491 e. The zero-order chi connectivity index (χ0) is 16.3. The van der Waals surface area contributed by atoms with Crippen LogP contribution in [0.25, 0.3) is 0 Å². The van der Waals surface area contributed by atoms with Crippen molar-refractivity contribution in [1.82, 2.24) is 4.57 Å². The predicted molar refractivity (Wildman–Crippen MR) is 87.1 cm³/mol. The molecule has 0 radical (unpaired) electrons. The monoisotopic (exact) mass is 340 g/mol. The molecular formula is C15H14Cl2N2O3. The van der Waals surface area contributed by atoms with Gasteiger partial charge in [-0.05, 0) is 37.3 Å². The predicted octanol–water partition coefficient (Wildman–Crippen LogP) is 3.36. The molecule has 1 aromatic heterocycles. The van der Waals surface area contributed by atoms with E-state index in [0.717, 1.165) is 0 Å². The number of aromatic nitrogens is 1. The summed E-state index contributed by atoms with van der Waals surface area (Å²) in [5, 5.41) is 3.47. The molecule has 1 N–H and O–H groups in total. The Morgan fingerprint density at radius 2 is 2.05 bits per heavy atom. The van der Waals surface area contributed by atoms with E-state index in [9.17, 15) is 9.59 Å². The average Bonchev–Trinajstić information content (AvgIpc) is 2.50. The summed E-state index contributed by atoms with van der Waals surface area (Å²) in [5.74, 6) is -0.220. The first-order valence-electron chi connectivity index (χ1n) is 6.45. The molecular weight excluding hydrogens is 327 g/mol. The van der Waals surface area contributed by atoms with Gasteiger partial charge in [-0.15, -0.1) is 0 Å². The van der Waals surface area contributed by atoms with Crippen molar-refractivity contribution in [3.8, 4) is 5.75 Å². The van der Waals surface area contributed by atoms with Gasteiger partial charge >= 0.3 is 0 Å². The van der Waals surface area contributed by atoms with Crippen LogP contribution in [0.3, 0.4) is 0 Å². The number of amides is 1. The van der Waals surface area contributed by atoms with Crippen molar-refractivity contribution >= 4 is 34.8 Å². The maximum absolute atomic E-state index is 12.3. The molecule has 116 valence electrons. The third-order valence-corrected chi connectivity index (χ3v) is 3.71. The van der Waals surface area contributed by atoms with Gasteiger partial charge in [0.15, 0.2) is 5.75 Å². The molecule has 0 aliphatic carbocycles. The van der Waals surface area contributed by atoms with Gasteiger partial charge in [-0.1, -0.05) is 23.2 Å². The van der Waals surface area contributed by atoms with E-state index < -0.39 is 6.04 Å². The van der Waals surface area contributed by atoms with Crippen molar-refractivity contribution in [3.63, 3.8) is 0 Å². The smallest absolute Gasteiger partial charge is 0.293 e. The van der Waals surface area contributed by atoms with E-state index in [1.165, 1.54) is 23.9 Å². The Bertz CT molecular complexity index is 759. The second-order valence-electron chi connectivity index (χ2n) is 4.58. The Balaban J connectivity index is 2.26. The summed E-state index contributed by atoms with van der Waals surface area (Å²) < 4.78 is 6.25. The Morgan fingerprint density at radius 3 is 2.73 bits per heavy atom. The van der Waals surface area contributed by atoms with Gasteiger partial charge < -0.3 is 14.6 Å². The first-order valence-corrected chi connectivity index (χ1v) is 7.20. The van der Waals surface area contributed by atoms with Gasteiger partial charge in [0.1, 0.15) is 6.04 Å². The van der Waals surface area contributed by atoms with Crippen LogP contribution in [0.5, 0.6) is 5.75 Å². The molecule has 1 aromatic carbocycles. The zero-order valence-corrected chi connectivity index (χ0v) is 13.5. The average molecular weight is 341 g/mol. The zero-order valence-electron chi connectivity index (χ0n) is 12.0. The summed E-state index contributed by atoms with van der Waals surface area (Å²) in [5.41, 5.74) is 0.00630. The molecule has 1 unspecified atom stereocenters. The number of nitrogens with one attached hydrogen (secondary N) is 1. The van der Waals surface area contributed by atoms with Crippen LogP contribution in [0.2, 0.25) is 10.0 Å². The van der Waals surface area contributed by atoms with Crippen LogP contribution in [-0.4, -0.2) is 17.6 Å². The summed E-state index contributed by atoms with van der Waals surface area (Å²) in [6.45, 7) is 1.61. The van der Waals surface area contributed by atoms with Gasteiger partial charge in [-0.25, -0.2) is 0 Å². The molecule has 0 saturated carbocycles. The van der Waals surface area contributed by atoms with Crippen molar-refractivity contribution in [2.75, 3.05) is 12.4 Å². The minimum absolute atomic E-state index is 0.169. The molecule has 2 rings (SSSR count). The van der Waals surface area contributed by atoms with Crippen LogP contribution in [0.4, 0.5) is 5.69 Å². The van der Waals surface area contributed by atoms with Gasteiger partial charge in [0.05, 0.1) is 17.8 Å². The van der Waals surface area contributed by atoms with Crippen LogP contribution in [0.15, 0.2) is 41.3 Å². The normalized spacial score (nSPS) is 11.8. The maximum Gasteiger partial charge on any atom is 0.293 e. The molecule has 1 amide bonds. The third kappa shape index (κ3) is 3.43. The molecule has 7 heteroatoms. The molecule has 0 aliphatic rings. The molecule has 0 aliphatic heterocycles. The van der Waals surface area contributed by atoms with Crippen molar-refractivity contribution in [2.45, 2.75) is 13.0 Å². The number of pyridine rings is 1. The lowest BCUT2D eigenvalue weighted by Crippen LogP contribution is -2.31. The first kappa shape index (κ1) is 16.4. The molecule has 2 aromatic rings. The molecule has 0 fully saturated rings. The van der Waals surface area contributed by atoms with Crippen LogP contribution in [0, 0.1) is 0 Å². The Kier molecular flexibility index (Phi) is 5.11. The fraction of sp³-hybridized carbons (Fsp3) is 0.200. The van der Waals surface area contributed by atoms with E-state index >= 15 is 0 Å². The topological polar surface area (TPSA) is 60.3 Å². The van der Waals surface area contributed by atoms with Crippen LogP contribution < -0.4 is 15.6 Å². The molecule has 0 bridgehead atoms. The van der Waals surface area contributed by atoms with Gasteiger partial charge in [-0.3, -0.25) is 9.59 Å². The van der Waals surface area contributed by atoms with Crippen LogP contribution in [0.1, 0.15) is 13.0 Å². The lowest BCUT2D eigenvalue weighted by molar-refractivity contribution is -0.118. The van der Waals surface area contributed by atoms with E-state index in [1.807, 2.05) is 0 Å². The number of carbonyl (C=O) groups excluding carboxylic acids is 1. The third-order valence-electron chi connectivity index (χ3n) is 3.14. The number of carbonyl (C=O) groups is 1. The number of ether oxygens (including phenoxy) is 1. The van der Waals surface area contributed by atoms with E-state index in [0.29, 0.717) is 15.7 Å². The van der Waals surface area contributed by atoms with Gasteiger partial charge in [-0.2, -0.15) is 0 Å². The highest BCUT2D eigenvalue weighted by Crippen LogP contribution is 2.26. The number of hydrogen-bond donors (Lipinski definition) is 1. The van der Waals surface area contributed by atoms with E-state index in [1.54, 1.807) is 31.2 Å². The maximum atomic E-state index is 12.3. The fourth-order valence-corrected chi connectivity index (χ4v) is 2.24. The standard InChI is InChI=1S/C15H14Cl2N2O3/c1-9(19-7-3-4-13(22-2)15(19)21)14(20)18-12-8-10(16)5-6-11(12)17/h3-9H,1-2H3,(H,18,20). The van der Waals surface area contributed by atoms with Gasteiger partial charge in [0.25, 0.3) is 5.56 Å². The highest BCUT2D eigenvalue weighted by atomic mass is 35.5. The van der Waals surface area contributed by atoms with E-state index in [-0.39, 0.29) is 17.2 Å². The highest BCUT2D eigenvalue weighted by molar-refractivity contribution is 6.35. The van der Waals surface area contributed by atoms with E-state index in [4.69, 9.17) is 27.9 Å². The Hall–Kier alpha value is -1.98. The largest absolute Gasteiger partial charge is 0.491 e. The second-order valence-corrected chi connectivity index (χ2v) is 5.42. The molecule has 22 heavy (non-hydrogen) atoms. The summed E-state index contributed by atoms with van der Waals surface area (Å²) in [6, 6.07) is 7.19. The highest BCUT2D eigenvalue weighted by Gasteiger charge is 2.18.